The molecule has 0 aromatic rings. The Morgan fingerprint density at radius 2 is 0.981 bits per heavy atom. The Morgan fingerprint density at radius 1 is 0.556 bits per heavy atom. The molecule has 0 rings (SSSR count). The molecule has 0 aromatic carbocycles. The maximum atomic E-state index is 12.6. The molecule has 0 radical (unpaired) electrons. The normalized spacial score (nSPS) is 14.2. The van der Waals surface area contributed by atoms with Crippen LogP contribution in [0.2, 0.25) is 0 Å². The monoisotopic (exact) mass is 751 g/mol. The average molecular weight is 751 g/mol. The third-order valence-electron chi connectivity index (χ3n) is 7.93. The summed E-state index contributed by atoms with van der Waals surface area (Å²) < 4.78 is 17.0. The van der Waals surface area contributed by atoms with Crippen molar-refractivity contribution in [2.24, 2.45) is 0 Å². The van der Waals surface area contributed by atoms with E-state index in [4.69, 9.17) is 14.2 Å². The molecule has 54 heavy (non-hydrogen) atoms. The van der Waals surface area contributed by atoms with Crippen LogP contribution in [0.1, 0.15) is 110 Å². The summed E-state index contributed by atoms with van der Waals surface area (Å²) in [5, 5.41) is 9.59. The van der Waals surface area contributed by atoms with Crippen molar-refractivity contribution >= 4 is 17.9 Å². The van der Waals surface area contributed by atoms with Gasteiger partial charge in [-0.25, -0.2) is 4.79 Å². The van der Waals surface area contributed by atoms with Crippen LogP contribution < -0.4 is 0 Å². The van der Waals surface area contributed by atoms with Gasteiger partial charge in [0.05, 0.1) is 34.4 Å². The summed E-state index contributed by atoms with van der Waals surface area (Å²) in [6.07, 6.45) is 48.8. The Balaban J connectivity index is 4.61. The molecule has 0 aliphatic carbocycles. The van der Waals surface area contributed by atoms with Gasteiger partial charge in [-0.15, -0.1) is 0 Å². The van der Waals surface area contributed by atoms with Crippen LogP contribution >= 0.6 is 0 Å². The molecule has 0 spiro atoms. The summed E-state index contributed by atoms with van der Waals surface area (Å²) >= 11 is 0. The van der Waals surface area contributed by atoms with E-state index < -0.39 is 24.1 Å². The lowest BCUT2D eigenvalue weighted by molar-refractivity contribution is -0.887. The van der Waals surface area contributed by atoms with E-state index in [1.54, 1.807) is 0 Å². The molecule has 2 atom stereocenters. The van der Waals surface area contributed by atoms with Crippen molar-refractivity contribution in [3.05, 3.63) is 109 Å². The minimum atomic E-state index is -0.899. The molecule has 0 saturated heterocycles. The summed E-state index contributed by atoms with van der Waals surface area (Å²) in [6, 6.07) is -0.641. The number of carbonyl (C=O) groups is 3. The molecule has 0 bridgehead atoms. The molecule has 8 heteroatoms. The second kappa shape index (κ2) is 36.0. The summed E-state index contributed by atoms with van der Waals surface area (Å²) in [7, 11) is 5.46. The zero-order chi connectivity index (χ0) is 40.0. The van der Waals surface area contributed by atoms with Crippen LogP contribution in [-0.2, 0) is 28.6 Å². The van der Waals surface area contributed by atoms with Crippen LogP contribution in [0, 0.1) is 0 Å². The van der Waals surface area contributed by atoms with Gasteiger partial charge in [-0.3, -0.25) is 9.59 Å². The van der Waals surface area contributed by atoms with Crippen molar-refractivity contribution in [2.75, 3.05) is 41.0 Å². The largest absolute Gasteiger partial charge is 0.477 e. The number of unbranched alkanes of at least 4 members (excludes halogenated alkanes) is 1. The van der Waals surface area contributed by atoms with E-state index in [-0.39, 0.29) is 43.1 Å². The first-order valence-electron chi connectivity index (χ1n) is 19.9. The molecule has 8 nitrogen and oxygen atoms in total. The van der Waals surface area contributed by atoms with Crippen molar-refractivity contribution < 1.29 is 38.2 Å². The van der Waals surface area contributed by atoms with E-state index in [0.717, 1.165) is 64.2 Å². The molecule has 0 amide bonds. The number of hydrogen-bond acceptors (Lipinski definition) is 6. The summed E-state index contributed by atoms with van der Waals surface area (Å²) in [5.41, 5.74) is 0. The highest BCUT2D eigenvalue weighted by Gasteiger charge is 2.31. The predicted molar refractivity (Wildman–Crippen MR) is 224 cm³/mol. The standard InChI is InChI=1S/C46H71NO7/c1-6-8-10-12-14-16-18-19-20-21-22-23-24-25-27-29-31-33-35-37-45(49)54-42(40-52-39-38-43(46(50)51)47(3,4)5)41-53-44(48)36-34-32-30-28-26-17-15-13-11-9-7-2/h8-11,14-17,19-20,22-23,25,27-28,30-31,33,42-43H,6-7,12-13,18,21,24,26,29,32,34-41H2,1-5H3/p+1/b10-8+,11-9+,16-14+,17-15+,20-19+,23-22+,27-25+,30-28+,33-31+. The number of allylic oxidation sites excluding steroid dienone is 18. The number of rotatable bonds is 33. The average Bonchev–Trinajstić information content (AvgIpc) is 3.12. The van der Waals surface area contributed by atoms with Crippen LogP contribution in [0.5, 0.6) is 0 Å². The third-order valence-corrected chi connectivity index (χ3v) is 7.93. The van der Waals surface area contributed by atoms with Crippen LogP contribution in [-0.4, -0.2) is 80.6 Å². The number of carbonyl (C=O) groups excluding carboxylic acids is 2. The number of nitrogens with zero attached hydrogens (tertiary/aromatic N) is 1. The highest BCUT2D eigenvalue weighted by molar-refractivity contribution is 5.72. The van der Waals surface area contributed by atoms with Crippen molar-refractivity contribution in [1.29, 1.82) is 0 Å². The molecular weight excluding hydrogens is 679 g/mol. The zero-order valence-electron chi connectivity index (χ0n) is 34.1. The van der Waals surface area contributed by atoms with E-state index >= 15 is 0 Å². The maximum Gasteiger partial charge on any atom is 0.362 e. The van der Waals surface area contributed by atoms with Crippen molar-refractivity contribution in [1.82, 2.24) is 0 Å². The van der Waals surface area contributed by atoms with Gasteiger partial charge in [-0.1, -0.05) is 123 Å². The van der Waals surface area contributed by atoms with Crippen LogP contribution in [0.3, 0.4) is 0 Å². The van der Waals surface area contributed by atoms with Gasteiger partial charge in [0.15, 0.2) is 12.1 Å². The fourth-order valence-corrected chi connectivity index (χ4v) is 4.90. The van der Waals surface area contributed by atoms with Gasteiger partial charge in [0.1, 0.15) is 6.61 Å². The molecule has 0 saturated carbocycles. The summed E-state index contributed by atoms with van der Waals surface area (Å²) in [5.74, 6) is -1.67. The molecule has 0 aliphatic rings. The minimum absolute atomic E-state index is 0.00685. The maximum absolute atomic E-state index is 12.6. The lowest BCUT2D eigenvalue weighted by Gasteiger charge is -2.31. The third kappa shape index (κ3) is 33.8. The number of hydrogen-bond donors (Lipinski definition) is 1. The van der Waals surface area contributed by atoms with E-state index in [1.165, 1.54) is 0 Å². The Kier molecular flexibility index (Phi) is 33.3. The van der Waals surface area contributed by atoms with Crippen LogP contribution in [0.25, 0.3) is 0 Å². The Labute approximate surface area is 328 Å². The molecule has 0 heterocycles. The van der Waals surface area contributed by atoms with Crippen LogP contribution in [0.15, 0.2) is 109 Å². The highest BCUT2D eigenvalue weighted by Crippen LogP contribution is 2.10. The van der Waals surface area contributed by atoms with Gasteiger partial charge in [-0.05, 0) is 77.0 Å². The number of carboxylic acid groups (broad SMARTS) is 1. The summed E-state index contributed by atoms with van der Waals surface area (Å²) in [6.45, 7) is 4.32. The fraction of sp³-hybridized carbons (Fsp3) is 0.543. The van der Waals surface area contributed by atoms with Crippen LogP contribution in [0.4, 0.5) is 0 Å². The lowest BCUT2D eigenvalue weighted by Crippen LogP contribution is -2.50. The van der Waals surface area contributed by atoms with E-state index in [0.29, 0.717) is 19.3 Å². The van der Waals surface area contributed by atoms with Gasteiger partial charge in [0.2, 0.25) is 0 Å². The Bertz CT molecular complexity index is 1240. The van der Waals surface area contributed by atoms with Gasteiger partial charge in [0.25, 0.3) is 0 Å². The van der Waals surface area contributed by atoms with E-state index in [1.807, 2.05) is 33.3 Å². The number of carboxylic acids is 1. The van der Waals surface area contributed by atoms with E-state index in [9.17, 15) is 19.5 Å². The number of esters is 2. The summed E-state index contributed by atoms with van der Waals surface area (Å²) in [4.78, 5) is 36.8. The predicted octanol–water partition coefficient (Wildman–Crippen LogP) is 10.5. The topological polar surface area (TPSA) is 99.1 Å². The highest BCUT2D eigenvalue weighted by atomic mass is 16.6. The molecule has 0 aliphatic heterocycles. The molecule has 0 fully saturated rings. The van der Waals surface area contributed by atoms with Gasteiger partial charge >= 0.3 is 17.9 Å². The first-order valence-corrected chi connectivity index (χ1v) is 19.9. The van der Waals surface area contributed by atoms with Gasteiger partial charge in [0, 0.05) is 19.3 Å². The SMILES string of the molecule is CC/C=C/C/C=C/C/C=C/C/C=C/C/C=C/C/C=C/CCC(=O)OC(COCCC(C(=O)O)[N+](C)(C)C)COC(=O)CCC/C=C/C/C=C/C/C=C/CC. The fourth-order valence-electron chi connectivity index (χ4n) is 4.90. The first-order chi connectivity index (χ1) is 26.1. The van der Waals surface area contributed by atoms with Gasteiger partial charge in [-0.2, -0.15) is 0 Å². The van der Waals surface area contributed by atoms with E-state index in [2.05, 4.69) is 111 Å². The molecule has 1 N–H and O–H groups in total. The number of quaternary nitrogens is 1. The van der Waals surface area contributed by atoms with Crippen molar-refractivity contribution in [2.45, 2.75) is 122 Å². The molecule has 0 aromatic heterocycles. The zero-order valence-corrected chi connectivity index (χ0v) is 34.1. The smallest absolute Gasteiger partial charge is 0.362 e. The second-order valence-corrected chi connectivity index (χ2v) is 13.8. The van der Waals surface area contributed by atoms with Gasteiger partial charge < -0.3 is 23.8 Å². The quantitative estimate of drug-likeness (QED) is 0.0309. The molecular formula is C46H72NO7+. The molecule has 302 valence electrons. The number of aliphatic carboxylic acids is 1. The van der Waals surface area contributed by atoms with Crippen molar-refractivity contribution in [3.63, 3.8) is 0 Å². The van der Waals surface area contributed by atoms with Crippen molar-refractivity contribution in [3.8, 4) is 0 Å². The number of likely N-dealkylation sites (N-methyl/N-ethyl adjacent to an activating group) is 1. The first kappa shape index (κ1) is 50.0. The minimum Gasteiger partial charge on any atom is -0.477 e. The lowest BCUT2D eigenvalue weighted by atomic mass is 10.1. The Hall–Kier alpha value is -4.01. The number of ether oxygens (including phenoxy) is 3. The second-order valence-electron chi connectivity index (χ2n) is 13.8. The Morgan fingerprint density at radius 3 is 1.41 bits per heavy atom. The molecule has 2 unspecified atom stereocenters.